The molecular formula is C83H148F6N8O11S6. The van der Waals surface area contributed by atoms with Gasteiger partial charge in [-0.1, -0.05) is 284 Å². The van der Waals surface area contributed by atoms with Crippen LogP contribution >= 0.6 is 0 Å². The van der Waals surface area contributed by atoms with Crippen LogP contribution in [0.3, 0.4) is 0 Å². The molecule has 0 spiro atoms. The normalized spacial score (nSPS) is 18.2. The second-order valence-electron chi connectivity index (χ2n) is 39.1. The van der Waals surface area contributed by atoms with Crippen LogP contribution in [-0.2, 0) is 93.7 Å². The van der Waals surface area contributed by atoms with Crippen LogP contribution in [0, 0.1) is 38.4 Å². The number of alkyl halides is 6. The lowest BCUT2D eigenvalue weighted by molar-refractivity contribution is -0.243. The molecule has 2 atom stereocenters. The third kappa shape index (κ3) is 40.7. The first-order valence-corrected chi connectivity index (χ1v) is 47.6. The van der Waals surface area contributed by atoms with Gasteiger partial charge in [0.1, 0.15) is 0 Å². The van der Waals surface area contributed by atoms with Crippen molar-refractivity contribution in [2.24, 2.45) is 38.4 Å². The number of benzene rings is 4. The van der Waals surface area contributed by atoms with Crippen LogP contribution in [0.2, 0.25) is 0 Å². The number of fused-ring (bicyclic) bond motifs is 2. The highest BCUT2D eigenvalue weighted by Crippen LogP contribution is 2.50. The summed E-state index contributed by atoms with van der Waals surface area (Å²) in [6.45, 7) is 54.9. The first-order valence-electron chi connectivity index (χ1n) is 38.0. The first-order chi connectivity index (χ1) is 50.3. The van der Waals surface area contributed by atoms with E-state index >= 15 is 0 Å². The molecule has 4 aliphatic rings. The molecule has 114 heavy (non-hydrogen) atoms. The smallest absolute Gasteiger partial charge is 0.269 e. The number of hydrogen-bond acceptors (Lipinski definition) is 11. The number of halogens is 6. The van der Waals surface area contributed by atoms with Gasteiger partial charge in [0.25, 0.3) is 30.6 Å². The average molecular weight is 1740 g/mol. The highest BCUT2D eigenvalue weighted by Gasteiger charge is 2.54. The Hall–Kier alpha value is -4.25. The van der Waals surface area contributed by atoms with Crippen molar-refractivity contribution >= 4 is 71.8 Å². The van der Waals surface area contributed by atoms with Gasteiger partial charge in [0.15, 0.2) is 0 Å². The summed E-state index contributed by atoms with van der Waals surface area (Å²) in [5.74, 6) is 4.36. The standard InChI is InChI=1S/C13H18OS.C12H17NO2S.2C10H14.C8H15F3.C8H20N2O2S.C7H13F3.C7H16N2O2S.C4H12N2O2S.C4H9NO2S/c1-13(2,3)12-6-5-10-8-15(4,14)9-11(10)7-12;1-12(2,3)9-13-11-7-5-4-6-10(11)8-16(13,14)15;2*1-10(2,3)9-7-5-4-6-8-9;1-6(2,3)7(4,5)8(9,10)11;1-8(2,3)7-10(6)13(11,12)9(4)5;1-5(6(2,3)4)7(8,9)10;1-7(2,3)6-9-5-4-8-12(9,10)11;1-5(2)9(7,8)6(3)4;1-5-3-2-4-8(5,6)7/h5-7H,4,8-9H2,1-3H3;4-7H,8-9H2,1-3H3;2*4-8H,1-3H3;1-5H3;7H2,1-6H3;5H,1-4H3;8H,4-6H2,1-3H3;1-4H3;2-4H2,1H3. The molecule has 4 aromatic carbocycles. The monoisotopic (exact) mass is 1740 g/mol. The van der Waals surface area contributed by atoms with Gasteiger partial charge in [-0.2, -0.15) is 73.1 Å². The van der Waals surface area contributed by atoms with Crippen LogP contribution in [-0.4, -0.2) is 192 Å². The third-order valence-electron chi connectivity index (χ3n) is 18.6. The van der Waals surface area contributed by atoms with Gasteiger partial charge in [0.2, 0.25) is 20.0 Å². The zero-order valence-electron chi connectivity index (χ0n) is 75.7. The van der Waals surface area contributed by atoms with E-state index in [9.17, 15) is 72.6 Å². The van der Waals surface area contributed by atoms with Crippen LogP contribution in [0.15, 0.2) is 103 Å². The van der Waals surface area contributed by atoms with Crippen molar-refractivity contribution < 1.29 is 72.6 Å². The summed E-state index contributed by atoms with van der Waals surface area (Å²) in [4.78, 5) is 0. The minimum Gasteiger partial charge on any atom is -0.269 e. The number of anilines is 1. The van der Waals surface area contributed by atoms with E-state index in [0.29, 0.717) is 67.4 Å². The molecule has 2 saturated heterocycles. The van der Waals surface area contributed by atoms with E-state index in [1.165, 1.54) is 108 Å². The van der Waals surface area contributed by atoms with Crippen LogP contribution in [0.5, 0.6) is 0 Å². The predicted octanol–water partition coefficient (Wildman–Crippen LogP) is 17.9. The lowest BCUT2D eigenvalue weighted by atomic mass is 9.69. The Kier molecular flexibility index (Phi) is 42.0. The molecule has 19 nitrogen and oxygen atoms in total. The fraction of sp³-hybridized carbons (Fsp3) is 0.699. The summed E-state index contributed by atoms with van der Waals surface area (Å²) in [5.41, 5.74) is 6.01. The van der Waals surface area contributed by atoms with Gasteiger partial charge in [-0.15, -0.1) is 0 Å². The van der Waals surface area contributed by atoms with Crippen LogP contribution in [0.4, 0.5) is 32.0 Å². The van der Waals surface area contributed by atoms with Crippen LogP contribution < -0.4 is 9.03 Å². The molecule has 0 saturated carbocycles. The van der Waals surface area contributed by atoms with E-state index in [1.54, 1.807) is 59.9 Å². The second kappa shape index (κ2) is 42.8. The molecule has 0 radical (unpaired) electrons. The maximum absolute atomic E-state index is 12.3. The minimum absolute atomic E-state index is 0.0160. The fourth-order valence-electron chi connectivity index (χ4n) is 10.0. The summed E-state index contributed by atoms with van der Waals surface area (Å²) in [5, 5.41) is 0. The van der Waals surface area contributed by atoms with Crippen molar-refractivity contribution in [3.8, 4) is 0 Å². The van der Waals surface area contributed by atoms with E-state index < -0.39 is 94.7 Å². The molecule has 4 aliphatic heterocycles. The number of hydrogen-bond donors (Lipinski definition) is 1. The Labute approximate surface area is 690 Å². The van der Waals surface area contributed by atoms with Crippen molar-refractivity contribution in [3.05, 3.63) is 137 Å². The number of sulfonamides is 2. The zero-order valence-corrected chi connectivity index (χ0v) is 80.6. The molecule has 0 amide bonds. The van der Waals surface area contributed by atoms with Gasteiger partial charge in [-0.3, -0.25) is 8.51 Å². The summed E-state index contributed by atoms with van der Waals surface area (Å²) < 4.78 is 209. The molecule has 31 heteroatoms. The Morgan fingerprint density at radius 2 is 0.868 bits per heavy atom. The highest BCUT2D eigenvalue weighted by atomic mass is 32.2. The largest absolute Gasteiger partial charge is 0.394 e. The molecule has 0 aromatic heterocycles. The maximum Gasteiger partial charge on any atom is 0.394 e. The molecule has 1 N–H and O–H groups in total. The first kappa shape index (κ1) is 112. The number of para-hydroxylation sites is 1. The van der Waals surface area contributed by atoms with E-state index in [2.05, 4.69) is 152 Å². The molecule has 2 fully saturated rings. The number of rotatable bonds is 7. The average Bonchev–Trinajstić information content (AvgIpc) is 1.53. The Balaban J connectivity index is 0. The molecule has 8 rings (SSSR count). The SMILES string of the molecule is C=S1(=O)Cc2ccc(C(C)(C)C)cc2C1.CC(C(C)(C)C)C(F)(F)F.CC(C)(C)C(C)(C)C(F)(F)F.CC(C)(C)CN1CCNS1(=O)=O.CC(C)(C)CN1c2ccccc2CS1(=O)=O.CC(C)(C)c1ccccc1.CC(C)(C)c1ccccc1.CN(C)S(=O)(=O)N(C)C.CN(C)S(=O)(=O)N(C)CC(C)(C)C.CN1CCCS1(=O)=O. The van der Waals surface area contributed by atoms with Gasteiger partial charge in [0.05, 0.1) is 28.5 Å². The Morgan fingerprint density at radius 3 is 1.13 bits per heavy atom. The molecule has 0 aliphatic carbocycles. The van der Waals surface area contributed by atoms with E-state index in [0.717, 1.165) is 26.3 Å². The molecular weight excluding hydrogens is 1590 g/mol. The van der Waals surface area contributed by atoms with Crippen LogP contribution in [0.1, 0.15) is 227 Å². The lowest BCUT2D eigenvalue weighted by Crippen LogP contribution is -2.43. The predicted molar refractivity (Wildman–Crippen MR) is 468 cm³/mol. The molecule has 0 bridgehead atoms. The fourth-order valence-corrected chi connectivity index (χ4v) is 18.1. The summed E-state index contributed by atoms with van der Waals surface area (Å²) in [7, 11) is -5.07. The number of nitrogens with zero attached hydrogens (tertiary/aromatic N) is 7. The van der Waals surface area contributed by atoms with Crippen molar-refractivity contribution in [2.45, 2.75) is 239 Å². The summed E-state index contributed by atoms with van der Waals surface area (Å²) in [6, 6.07) is 35.1. The van der Waals surface area contributed by atoms with Gasteiger partial charge < -0.3 is 0 Å². The van der Waals surface area contributed by atoms with E-state index in [4.69, 9.17) is 0 Å². The zero-order chi connectivity index (χ0) is 90.7. The molecule has 2 unspecified atom stereocenters. The summed E-state index contributed by atoms with van der Waals surface area (Å²) in [6.07, 6.45) is -7.39. The molecule has 4 heterocycles. The topological polar surface area (TPSA) is 222 Å². The van der Waals surface area contributed by atoms with Gasteiger partial charge in [-0.25, -0.2) is 25.9 Å². The van der Waals surface area contributed by atoms with Crippen molar-refractivity contribution in [3.63, 3.8) is 0 Å². The number of nitrogens with one attached hydrogen (secondary N) is 1. The van der Waals surface area contributed by atoms with E-state index in [1.807, 2.05) is 86.6 Å². The quantitative estimate of drug-likeness (QED) is 0.135. The van der Waals surface area contributed by atoms with Crippen LogP contribution in [0.25, 0.3) is 0 Å². The van der Waals surface area contributed by atoms with Crippen molar-refractivity contribution in [2.75, 3.05) is 106 Å². The van der Waals surface area contributed by atoms with E-state index in [-0.39, 0.29) is 27.4 Å². The Morgan fingerprint density at radius 1 is 0.474 bits per heavy atom. The molecule has 4 aromatic rings. The Bertz CT molecular complexity index is 4190. The lowest BCUT2D eigenvalue weighted by Gasteiger charge is -2.40. The minimum atomic E-state index is -4.12. The molecule has 664 valence electrons. The second-order valence-corrected chi connectivity index (χ2v) is 52.1. The highest BCUT2D eigenvalue weighted by molar-refractivity contribution is 7.99. The maximum atomic E-state index is 12.3. The summed E-state index contributed by atoms with van der Waals surface area (Å²) >= 11 is 0. The van der Waals surface area contributed by atoms with Gasteiger partial charge >= 0.3 is 12.4 Å². The van der Waals surface area contributed by atoms with Gasteiger partial charge in [-0.05, 0) is 105 Å². The van der Waals surface area contributed by atoms with Crippen molar-refractivity contribution in [1.82, 2.24) is 30.6 Å². The third-order valence-corrected chi connectivity index (χ3v) is 29.1. The van der Waals surface area contributed by atoms with Gasteiger partial charge in [0, 0.05) is 107 Å². The van der Waals surface area contributed by atoms with Crippen molar-refractivity contribution in [1.29, 1.82) is 0 Å².